The summed E-state index contributed by atoms with van der Waals surface area (Å²) >= 11 is 0. The van der Waals surface area contributed by atoms with Gasteiger partial charge >= 0.3 is 0 Å². The monoisotopic (exact) mass is 307 g/mol. The minimum atomic E-state index is -0.356. The lowest BCUT2D eigenvalue weighted by Gasteiger charge is -2.13. The predicted octanol–water partition coefficient (Wildman–Crippen LogP) is 1.79. The number of carbonyl (C=O) groups is 1. The van der Waals surface area contributed by atoms with E-state index < -0.39 is 0 Å². The Morgan fingerprint density at radius 1 is 1.45 bits per heavy atom. The van der Waals surface area contributed by atoms with Crippen LogP contribution >= 0.6 is 0 Å². The highest BCUT2D eigenvalue weighted by molar-refractivity contribution is 5.76. The standard InChI is InChI=1S/C15H21N3O4/c1-10(8-11(2)19)9-16-13(20)5-6-14-17-15(18-22-14)12-4-3-7-21-12/h3-4,7,10-11,19H,5-6,8-9H2,1-2H3,(H,16,20)/t10-,11+/m1/s1. The summed E-state index contributed by atoms with van der Waals surface area (Å²) in [6.45, 7) is 4.27. The summed E-state index contributed by atoms with van der Waals surface area (Å²) in [6, 6.07) is 3.48. The molecule has 2 heterocycles. The van der Waals surface area contributed by atoms with E-state index in [4.69, 9.17) is 8.94 Å². The molecule has 0 aliphatic rings. The molecule has 7 nitrogen and oxygen atoms in total. The van der Waals surface area contributed by atoms with Crippen LogP contribution in [0.1, 0.15) is 32.6 Å². The molecule has 0 fully saturated rings. The second-order valence-corrected chi connectivity index (χ2v) is 5.48. The highest BCUT2D eigenvalue weighted by Crippen LogP contribution is 2.16. The van der Waals surface area contributed by atoms with E-state index in [9.17, 15) is 9.90 Å². The third-order valence-electron chi connectivity index (χ3n) is 3.17. The number of hydrogen-bond acceptors (Lipinski definition) is 6. The van der Waals surface area contributed by atoms with Gasteiger partial charge in [0.15, 0.2) is 5.76 Å². The minimum absolute atomic E-state index is 0.0739. The topological polar surface area (TPSA) is 101 Å². The number of nitrogens with one attached hydrogen (secondary N) is 1. The van der Waals surface area contributed by atoms with Crippen LogP contribution in [0, 0.1) is 5.92 Å². The third kappa shape index (κ3) is 5.00. The van der Waals surface area contributed by atoms with Crippen LogP contribution in [-0.2, 0) is 11.2 Å². The summed E-state index contributed by atoms with van der Waals surface area (Å²) in [5.41, 5.74) is 0. The van der Waals surface area contributed by atoms with Crippen molar-refractivity contribution in [3.63, 3.8) is 0 Å². The molecule has 0 saturated heterocycles. The highest BCUT2D eigenvalue weighted by atomic mass is 16.5. The van der Waals surface area contributed by atoms with Gasteiger partial charge in [-0.05, 0) is 31.4 Å². The number of furan rings is 1. The number of amides is 1. The van der Waals surface area contributed by atoms with E-state index >= 15 is 0 Å². The van der Waals surface area contributed by atoms with Gasteiger partial charge in [0.2, 0.25) is 17.6 Å². The van der Waals surface area contributed by atoms with Crippen LogP contribution < -0.4 is 5.32 Å². The van der Waals surface area contributed by atoms with Gasteiger partial charge in [-0.2, -0.15) is 4.98 Å². The molecule has 22 heavy (non-hydrogen) atoms. The average molecular weight is 307 g/mol. The smallest absolute Gasteiger partial charge is 0.238 e. The first-order chi connectivity index (χ1) is 10.5. The molecule has 0 aliphatic heterocycles. The SMILES string of the molecule is C[C@@H](CNC(=O)CCc1nc(-c2ccco2)no1)C[C@H](C)O. The van der Waals surface area contributed by atoms with Crippen molar-refractivity contribution in [1.82, 2.24) is 15.5 Å². The number of carbonyl (C=O) groups excluding carboxylic acids is 1. The Kier molecular flexibility index (Phi) is 5.71. The summed E-state index contributed by atoms with van der Waals surface area (Å²) in [7, 11) is 0. The first-order valence-electron chi connectivity index (χ1n) is 7.36. The number of aromatic nitrogens is 2. The fourth-order valence-corrected chi connectivity index (χ4v) is 2.12. The van der Waals surface area contributed by atoms with E-state index in [1.54, 1.807) is 19.1 Å². The Balaban J connectivity index is 1.72. The van der Waals surface area contributed by atoms with Crippen molar-refractivity contribution in [3.05, 3.63) is 24.3 Å². The predicted molar refractivity (Wildman–Crippen MR) is 78.8 cm³/mol. The molecule has 0 spiro atoms. The van der Waals surface area contributed by atoms with E-state index in [-0.39, 0.29) is 24.3 Å². The van der Waals surface area contributed by atoms with Gasteiger partial charge in [-0.1, -0.05) is 12.1 Å². The summed E-state index contributed by atoms with van der Waals surface area (Å²) in [5.74, 6) is 1.48. The molecule has 0 unspecified atom stereocenters. The van der Waals surface area contributed by atoms with Crippen molar-refractivity contribution in [2.45, 2.75) is 39.2 Å². The summed E-state index contributed by atoms with van der Waals surface area (Å²) in [4.78, 5) is 15.9. The first-order valence-corrected chi connectivity index (χ1v) is 7.36. The molecular weight excluding hydrogens is 286 g/mol. The summed E-state index contributed by atoms with van der Waals surface area (Å²) < 4.78 is 10.3. The van der Waals surface area contributed by atoms with Crippen molar-refractivity contribution in [2.24, 2.45) is 5.92 Å². The molecule has 0 aliphatic carbocycles. The van der Waals surface area contributed by atoms with E-state index in [1.165, 1.54) is 6.26 Å². The summed E-state index contributed by atoms with van der Waals surface area (Å²) in [6.07, 6.45) is 2.50. The zero-order valence-corrected chi connectivity index (χ0v) is 12.8. The fourth-order valence-electron chi connectivity index (χ4n) is 2.12. The van der Waals surface area contributed by atoms with Gasteiger partial charge in [-0.3, -0.25) is 4.79 Å². The van der Waals surface area contributed by atoms with Gasteiger partial charge < -0.3 is 19.4 Å². The van der Waals surface area contributed by atoms with Gasteiger partial charge in [-0.15, -0.1) is 0 Å². The molecule has 2 N–H and O–H groups in total. The molecule has 2 aromatic heterocycles. The van der Waals surface area contributed by atoms with E-state index in [0.29, 0.717) is 36.9 Å². The lowest BCUT2D eigenvalue weighted by atomic mass is 10.0. The number of aliphatic hydroxyl groups excluding tert-OH is 1. The third-order valence-corrected chi connectivity index (χ3v) is 3.17. The van der Waals surface area contributed by atoms with Gasteiger partial charge in [0.25, 0.3) is 0 Å². The zero-order chi connectivity index (χ0) is 15.9. The summed E-state index contributed by atoms with van der Waals surface area (Å²) in [5, 5.41) is 15.9. The zero-order valence-electron chi connectivity index (χ0n) is 12.8. The number of hydrogen-bond donors (Lipinski definition) is 2. The van der Waals surface area contributed by atoms with E-state index in [0.717, 1.165) is 0 Å². The van der Waals surface area contributed by atoms with Crippen LogP contribution in [0.4, 0.5) is 0 Å². The molecule has 120 valence electrons. The first kappa shape index (κ1) is 16.2. The number of nitrogens with zero attached hydrogens (tertiary/aromatic N) is 2. The molecule has 1 amide bonds. The fraction of sp³-hybridized carbons (Fsp3) is 0.533. The maximum atomic E-state index is 11.8. The van der Waals surface area contributed by atoms with Crippen molar-refractivity contribution >= 4 is 5.91 Å². The molecule has 0 bridgehead atoms. The highest BCUT2D eigenvalue weighted by Gasteiger charge is 2.13. The lowest BCUT2D eigenvalue weighted by molar-refractivity contribution is -0.121. The van der Waals surface area contributed by atoms with Crippen LogP contribution in [0.15, 0.2) is 27.3 Å². The minimum Gasteiger partial charge on any atom is -0.461 e. The second-order valence-electron chi connectivity index (χ2n) is 5.48. The molecule has 0 saturated carbocycles. The van der Waals surface area contributed by atoms with Crippen LogP contribution in [0.5, 0.6) is 0 Å². The number of rotatable bonds is 8. The molecule has 2 atom stereocenters. The lowest BCUT2D eigenvalue weighted by Crippen LogP contribution is -2.29. The molecule has 7 heteroatoms. The average Bonchev–Trinajstić information content (AvgIpc) is 3.12. The Morgan fingerprint density at radius 2 is 2.27 bits per heavy atom. The van der Waals surface area contributed by atoms with Crippen LogP contribution in [0.25, 0.3) is 11.6 Å². The van der Waals surface area contributed by atoms with Gasteiger partial charge in [-0.25, -0.2) is 0 Å². The Morgan fingerprint density at radius 3 is 2.95 bits per heavy atom. The largest absolute Gasteiger partial charge is 0.461 e. The maximum Gasteiger partial charge on any atom is 0.238 e. The van der Waals surface area contributed by atoms with Gasteiger partial charge in [0.05, 0.1) is 12.4 Å². The van der Waals surface area contributed by atoms with Crippen molar-refractivity contribution < 1.29 is 18.8 Å². The molecule has 2 aromatic rings. The Labute approximate surface area is 128 Å². The Bertz CT molecular complexity index is 577. The Hall–Kier alpha value is -2.15. The van der Waals surface area contributed by atoms with Crippen LogP contribution in [0.3, 0.4) is 0 Å². The number of aliphatic hydroxyl groups is 1. The molecule has 0 radical (unpaired) electrons. The number of aryl methyl sites for hydroxylation is 1. The van der Waals surface area contributed by atoms with Gasteiger partial charge in [0, 0.05) is 19.4 Å². The van der Waals surface area contributed by atoms with Crippen molar-refractivity contribution in [1.29, 1.82) is 0 Å². The second kappa shape index (κ2) is 7.74. The quantitative estimate of drug-likeness (QED) is 0.771. The molecular formula is C15H21N3O4. The van der Waals surface area contributed by atoms with Crippen LogP contribution in [-0.4, -0.2) is 33.8 Å². The normalized spacial score (nSPS) is 13.8. The van der Waals surface area contributed by atoms with Crippen molar-refractivity contribution in [3.8, 4) is 11.6 Å². The van der Waals surface area contributed by atoms with Crippen molar-refractivity contribution in [2.75, 3.05) is 6.54 Å². The maximum absolute atomic E-state index is 11.8. The van der Waals surface area contributed by atoms with Crippen LogP contribution in [0.2, 0.25) is 0 Å². The van der Waals surface area contributed by atoms with E-state index in [2.05, 4.69) is 15.5 Å². The molecule has 0 aromatic carbocycles. The van der Waals surface area contributed by atoms with Gasteiger partial charge in [0.1, 0.15) is 0 Å². The van der Waals surface area contributed by atoms with E-state index in [1.807, 2.05) is 6.92 Å². The molecule has 2 rings (SSSR count).